The van der Waals surface area contributed by atoms with Crippen molar-refractivity contribution in [2.24, 2.45) is 5.92 Å². The van der Waals surface area contributed by atoms with Crippen LogP contribution in [-0.2, 0) is 16.1 Å². The lowest BCUT2D eigenvalue weighted by Crippen LogP contribution is -2.36. The molecule has 1 fully saturated rings. The van der Waals surface area contributed by atoms with Crippen LogP contribution in [0.1, 0.15) is 24.0 Å². The Hall–Kier alpha value is -1.65. The summed E-state index contributed by atoms with van der Waals surface area (Å²) >= 11 is 0. The first-order chi connectivity index (χ1) is 10.2. The van der Waals surface area contributed by atoms with Crippen LogP contribution in [0.5, 0.6) is 0 Å². The molecule has 0 saturated carbocycles. The molecule has 1 heterocycles. The van der Waals surface area contributed by atoms with Gasteiger partial charge in [0.1, 0.15) is 0 Å². The fraction of sp³-hybridized carbons (Fsp3) is 0.471. The second-order valence-electron chi connectivity index (χ2n) is 5.62. The second-order valence-corrected chi connectivity index (χ2v) is 5.62. The molecule has 21 heavy (non-hydrogen) atoms. The third-order valence-corrected chi connectivity index (χ3v) is 3.78. The standard InChI is InChI=1S/C17H23NO3/c1-21-13-16-6-3-9-18(12-16)11-15-5-2-4-14(10-15)7-8-17(19)20/h2,4-5,7-8,10,16H,3,6,9,11-13H2,1H3,(H,19,20)/b8-7+. The number of hydrogen-bond donors (Lipinski definition) is 1. The number of ether oxygens (including phenoxy) is 1. The average Bonchev–Trinajstić information content (AvgIpc) is 2.46. The smallest absolute Gasteiger partial charge is 0.328 e. The number of carboxylic acid groups (broad SMARTS) is 1. The first-order valence-corrected chi connectivity index (χ1v) is 7.38. The number of benzene rings is 1. The molecule has 0 radical (unpaired) electrons. The number of rotatable bonds is 6. The third-order valence-electron chi connectivity index (χ3n) is 3.78. The van der Waals surface area contributed by atoms with E-state index < -0.39 is 5.97 Å². The maximum atomic E-state index is 10.6. The van der Waals surface area contributed by atoms with Crippen molar-refractivity contribution in [2.45, 2.75) is 19.4 Å². The minimum Gasteiger partial charge on any atom is -0.478 e. The van der Waals surface area contributed by atoms with Crippen molar-refractivity contribution in [3.63, 3.8) is 0 Å². The normalized spacial score (nSPS) is 20.0. The summed E-state index contributed by atoms with van der Waals surface area (Å²) < 4.78 is 5.26. The number of likely N-dealkylation sites (tertiary alicyclic amines) is 1. The molecule has 1 saturated heterocycles. The van der Waals surface area contributed by atoms with Gasteiger partial charge in [-0.3, -0.25) is 4.90 Å². The minimum absolute atomic E-state index is 0.624. The van der Waals surface area contributed by atoms with Crippen molar-refractivity contribution >= 4 is 12.0 Å². The number of nitrogens with zero attached hydrogens (tertiary/aromatic N) is 1. The lowest BCUT2D eigenvalue weighted by atomic mass is 9.98. The van der Waals surface area contributed by atoms with Crippen molar-refractivity contribution in [2.75, 3.05) is 26.8 Å². The topological polar surface area (TPSA) is 49.8 Å². The van der Waals surface area contributed by atoms with Gasteiger partial charge in [0, 0.05) is 26.3 Å². The number of aliphatic carboxylic acids is 1. The van der Waals surface area contributed by atoms with E-state index in [-0.39, 0.29) is 0 Å². The van der Waals surface area contributed by atoms with Gasteiger partial charge in [0.2, 0.25) is 0 Å². The zero-order valence-corrected chi connectivity index (χ0v) is 12.5. The highest BCUT2D eigenvalue weighted by Gasteiger charge is 2.19. The Kier molecular flexibility index (Phi) is 5.96. The summed E-state index contributed by atoms with van der Waals surface area (Å²) in [5, 5.41) is 8.68. The van der Waals surface area contributed by atoms with E-state index in [1.165, 1.54) is 24.5 Å². The Labute approximate surface area is 126 Å². The number of carboxylic acids is 1. The van der Waals surface area contributed by atoms with Crippen LogP contribution in [0, 0.1) is 5.92 Å². The predicted molar refractivity (Wildman–Crippen MR) is 83.0 cm³/mol. The average molecular weight is 289 g/mol. The van der Waals surface area contributed by atoms with E-state index in [9.17, 15) is 4.79 Å². The molecule has 1 aliphatic heterocycles. The highest BCUT2D eigenvalue weighted by atomic mass is 16.5. The predicted octanol–water partition coefficient (Wildman–Crippen LogP) is 2.64. The lowest BCUT2D eigenvalue weighted by molar-refractivity contribution is -0.131. The van der Waals surface area contributed by atoms with Gasteiger partial charge < -0.3 is 9.84 Å². The van der Waals surface area contributed by atoms with E-state index in [1.54, 1.807) is 13.2 Å². The summed E-state index contributed by atoms with van der Waals surface area (Å²) in [4.78, 5) is 13.0. The van der Waals surface area contributed by atoms with Gasteiger partial charge in [0.05, 0.1) is 6.61 Å². The Morgan fingerprint density at radius 1 is 1.52 bits per heavy atom. The Balaban J connectivity index is 1.96. The molecular weight excluding hydrogens is 266 g/mol. The second kappa shape index (κ2) is 7.96. The Morgan fingerprint density at radius 2 is 2.38 bits per heavy atom. The molecule has 4 heteroatoms. The van der Waals surface area contributed by atoms with Gasteiger partial charge in [0.25, 0.3) is 0 Å². The Bertz CT molecular complexity index is 497. The highest BCUT2D eigenvalue weighted by molar-refractivity contribution is 5.85. The quantitative estimate of drug-likeness (QED) is 0.818. The maximum absolute atomic E-state index is 10.6. The molecular formula is C17H23NO3. The van der Waals surface area contributed by atoms with Gasteiger partial charge >= 0.3 is 5.97 Å². The summed E-state index contributed by atoms with van der Waals surface area (Å²) in [5.41, 5.74) is 2.15. The van der Waals surface area contributed by atoms with Crippen LogP contribution in [0.25, 0.3) is 6.08 Å². The van der Waals surface area contributed by atoms with Crippen LogP contribution in [0.4, 0.5) is 0 Å². The molecule has 0 spiro atoms. The molecule has 1 unspecified atom stereocenters. The van der Waals surface area contributed by atoms with Crippen molar-refractivity contribution in [3.05, 3.63) is 41.5 Å². The van der Waals surface area contributed by atoms with E-state index in [0.717, 1.165) is 31.8 Å². The molecule has 1 N–H and O–H groups in total. The first-order valence-electron chi connectivity index (χ1n) is 7.38. The fourth-order valence-corrected chi connectivity index (χ4v) is 2.89. The van der Waals surface area contributed by atoms with Crippen LogP contribution < -0.4 is 0 Å². The van der Waals surface area contributed by atoms with Gasteiger partial charge in [-0.2, -0.15) is 0 Å². The van der Waals surface area contributed by atoms with E-state index in [4.69, 9.17) is 9.84 Å². The molecule has 0 amide bonds. The molecule has 0 aliphatic carbocycles. The molecule has 1 aliphatic rings. The van der Waals surface area contributed by atoms with E-state index in [0.29, 0.717) is 5.92 Å². The third kappa shape index (κ3) is 5.33. The molecule has 1 aromatic carbocycles. The zero-order valence-electron chi connectivity index (χ0n) is 12.5. The fourth-order valence-electron chi connectivity index (χ4n) is 2.89. The summed E-state index contributed by atoms with van der Waals surface area (Å²) in [6.07, 6.45) is 5.27. The molecule has 114 valence electrons. The number of piperidine rings is 1. The number of hydrogen-bond acceptors (Lipinski definition) is 3. The summed E-state index contributed by atoms with van der Waals surface area (Å²) in [6, 6.07) is 8.05. The largest absolute Gasteiger partial charge is 0.478 e. The van der Waals surface area contributed by atoms with Crippen molar-refractivity contribution in [3.8, 4) is 0 Å². The number of methoxy groups -OCH3 is 1. The van der Waals surface area contributed by atoms with Crippen molar-refractivity contribution in [1.82, 2.24) is 4.90 Å². The van der Waals surface area contributed by atoms with E-state index in [2.05, 4.69) is 17.0 Å². The molecule has 1 atom stereocenters. The monoisotopic (exact) mass is 289 g/mol. The van der Waals surface area contributed by atoms with Gasteiger partial charge in [-0.05, 0) is 42.5 Å². The molecule has 0 aromatic heterocycles. The molecule has 2 rings (SSSR count). The van der Waals surface area contributed by atoms with Crippen LogP contribution in [-0.4, -0.2) is 42.8 Å². The van der Waals surface area contributed by atoms with Gasteiger partial charge in [0.15, 0.2) is 0 Å². The summed E-state index contributed by atoms with van der Waals surface area (Å²) in [7, 11) is 1.76. The molecule has 1 aromatic rings. The van der Waals surface area contributed by atoms with Gasteiger partial charge in [-0.1, -0.05) is 24.3 Å². The van der Waals surface area contributed by atoms with Crippen LogP contribution >= 0.6 is 0 Å². The lowest BCUT2D eigenvalue weighted by Gasteiger charge is -2.32. The van der Waals surface area contributed by atoms with Crippen LogP contribution in [0.3, 0.4) is 0 Å². The minimum atomic E-state index is -0.918. The highest BCUT2D eigenvalue weighted by Crippen LogP contribution is 2.19. The summed E-state index contributed by atoms with van der Waals surface area (Å²) in [6.45, 7) is 3.94. The van der Waals surface area contributed by atoms with Crippen molar-refractivity contribution < 1.29 is 14.6 Å². The van der Waals surface area contributed by atoms with Crippen LogP contribution in [0.15, 0.2) is 30.3 Å². The molecule has 0 bridgehead atoms. The van der Waals surface area contributed by atoms with Gasteiger partial charge in [-0.25, -0.2) is 4.79 Å². The van der Waals surface area contributed by atoms with Crippen LogP contribution in [0.2, 0.25) is 0 Å². The molecule has 4 nitrogen and oxygen atoms in total. The first kappa shape index (κ1) is 15.7. The number of carbonyl (C=O) groups is 1. The SMILES string of the molecule is COCC1CCCN(Cc2cccc(/C=C/C(=O)O)c2)C1. The van der Waals surface area contributed by atoms with Crippen molar-refractivity contribution in [1.29, 1.82) is 0 Å². The Morgan fingerprint density at radius 3 is 3.14 bits per heavy atom. The van der Waals surface area contributed by atoms with E-state index >= 15 is 0 Å². The zero-order chi connectivity index (χ0) is 15.1. The maximum Gasteiger partial charge on any atom is 0.328 e. The van der Waals surface area contributed by atoms with Gasteiger partial charge in [-0.15, -0.1) is 0 Å². The summed E-state index contributed by atoms with van der Waals surface area (Å²) in [5.74, 6) is -0.294. The van der Waals surface area contributed by atoms with E-state index in [1.807, 2.05) is 12.1 Å².